The number of halogens is 3. The fraction of sp³-hybridized carbons (Fsp3) is 0.560. The number of likely N-dealkylation sites (N-methyl/N-ethyl adjacent to an activating group) is 1. The van der Waals surface area contributed by atoms with Crippen molar-refractivity contribution in [1.29, 1.82) is 0 Å². The molecule has 3 heterocycles. The molecular formula is C25H32F3N5OS. The van der Waals surface area contributed by atoms with Gasteiger partial charge in [0.2, 0.25) is 5.91 Å². The van der Waals surface area contributed by atoms with Crippen LogP contribution in [-0.4, -0.2) is 81.6 Å². The lowest BCUT2D eigenvalue weighted by atomic mass is 10.1. The standard InChI is InChI=1S/C25H32F3N5OS/c1-17-13-18(2)30-24(29-17)35-20-14-22(23(34)32-10-6-9-31(3)11-12-32)33(16-20)15-19-7-4-5-8-21(19)25(26,27)28/h4-5,7-8,13,20,22H,6,9-12,14-16H2,1-3H3/t20-,22+/m1/s1. The largest absolute Gasteiger partial charge is 0.416 e. The van der Waals surface area contributed by atoms with Gasteiger partial charge in [0.05, 0.1) is 11.6 Å². The smallest absolute Gasteiger partial charge is 0.340 e. The van der Waals surface area contributed by atoms with E-state index in [0.717, 1.165) is 37.0 Å². The lowest BCUT2D eigenvalue weighted by molar-refractivity contribution is -0.138. The Morgan fingerprint density at radius 2 is 1.80 bits per heavy atom. The zero-order valence-corrected chi connectivity index (χ0v) is 21.2. The van der Waals surface area contributed by atoms with Crippen LogP contribution in [0, 0.1) is 13.8 Å². The maximum Gasteiger partial charge on any atom is 0.416 e. The molecule has 1 amide bonds. The Hall–Kier alpha value is -2.17. The number of amides is 1. The van der Waals surface area contributed by atoms with Crippen LogP contribution in [0.2, 0.25) is 0 Å². The van der Waals surface area contributed by atoms with Gasteiger partial charge >= 0.3 is 6.18 Å². The molecule has 35 heavy (non-hydrogen) atoms. The third kappa shape index (κ3) is 6.54. The van der Waals surface area contributed by atoms with Crippen LogP contribution in [0.1, 0.15) is 35.4 Å². The van der Waals surface area contributed by atoms with Crippen LogP contribution in [0.25, 0.3) is 0 Å². The second-order valence-electron chi connectivity index (χ2n) is 9.49. The van der Waals surface area contributed by atoms with Crippen molar-refractivity contribution < 1.29 is 18.0 Å². The zero-order chi connectivity index (χ0) is 25.2. The van der Waals surface area contributed by atoms with Gasteiger partial charge in [0.15, 0.2) is 5.16 Å². The molecule has 0 spiro atoms. The second-order valence-corrected chi connectivity index (χ2v) is 10.8. The molecule has 2 aliphatic heterocycles. The first-order valence-electron chi connectivity index (χ1n) is 12.0. The highest BCUT2D eigenvalue weighted by molar-refractivity contribution is 7.99. The van der Waals surface area contributed by atoms with Gasteiger partial charge in [-0.2, -0.15) is 13.2 Å². The van der Waals surface area contributed by atoms with E-state index in [-0.39, 0.29) is 23.3 Å². The number of hydrogen-bond acceptors (Lipinski definition) is 6. The van der Waals surface area contributed by atoms with E-state index in [2.05, 4.69) is 14.9 Å². The molecule has 0 bridgehead atoms. The number of alkyl halides is 3. The summed E-state index contributed by atoms with van der Waals surface area (Å²) in [6, 6.07) is 7.09. The van der Waals surface area contributed by atoms with Crippen LogP contribution in [0.15, 0.2) is 35.5 Å². The SMILES string of the molecule is Cc1cc(C)nc(S[C@@H]2C[C@@H](C(=O)N3CCCN(C)CC3)N(Cc3ccccc3C(F)(F)F)C2)n1. The lowest BCUT2D eigenvalue weighted by Gasteiger charge is -2.30. The van der Waals surface area contributed by atoms with Crippen LogP contribution in [0.4, 0.5) is 13.2 Å². The molecule has 10 heteroatoms. The molecule has 1 aromatic carbocycles. The van der Waals surface area contributed by atoms with Gasteiger partial charge in [-0.05, 0) is 58.0 Å². The van der Waals surface area contributed by atoms with Crippen molar-refractivity contribution in [1.82, 2.24) is 24.7 Å². The molecule has 2 aromatic rings. The number of hydrogen-bond donors (Lipinski definition) is 0. The predicted molar refractivity (Wildman–Crippen MR) is 130 cm³/mol. The summed E-state index contributed by atoms with van der Waals surface area (Å²) in [5.41, 5.74) is 1.29. The maximum absolute atomic E-state index is 13.7. The van der Waals surface area contributed by atoms with Gasteiger partial charge in [0.1, 0.15) is 0 Å². The Labute approximate surface area is 208 Å². The zero-order valence-electron chi connectivity index (χ0n) is 20.4. The van der Waals surface area contributed by atoms with E-state index in [9.17, 15) is 18.0 Å². The average molecular weight is 508 g/mol. The monoisotopic (exact) mass is 507 g/mol. The summed E-state index contributed by atoms with van der Waals surface area (Å²) in [4.78, 5) is 28.7. The van der Waals surface area contributed by atoms with Crippen molar-refractivity contribution in [3.63, 3.8) is 0 Å². The Bertz CT molecular complexity index is 1030. The summed E-state index contributed by atoms with van der Waals surface area (Å²) in [5, 5.41) is 0.658. The van der Waals surface area contributed by atoms with Crippen molar-refractivity contribution in [3.8, 4) is 0 Å². The van der Waals surface area contributed by atoms with Crippen molar-refractivity contribution in [2.24, 2.45) is 0 Å². The number of thioether (sulfide) groups is 1. The van der Waals surface area contributed by atoms with Crippen LogP contribution in [0.3, 0.4) is 0 Å². The molecule has 0 aliphatic carbocycles. The van der Waals surface area contributed by atoms with Gasteiger partial charge < -0.3 is 9.80 Å². The Morgan fingerprint density at radius 1 is 1.09 bits per heavy atom. The molecule has 0 saturated carbocycles. The van der Waals surface area contributed by atoms with E-state index in [0.29, 0.717) is 31.2 Å². The second kappa shape index (κ2) is 10.8. The average Bonchev–Trinajstić information content (AvgIpc) is 3.02. The first kappa shape index (κ1) is 25.9. The van der Waals surface area contributed by atoms with Crippen molar-refractivity contribution >= 4 is 17.7 Å². The van der Waals surface area contributed by atoms with Crippen molar-refractivity contribution in [2.75, 3.05) is 39.8 Å². The van der Waals surface area contributed by atoms with Crippen LogP contribution in [-0.2, 0) is 17.5 Å². The van der Waals surface area contributed by atoms with Gasteiger partial charge in [-0.15, -0.1) is 0 Å². The third-order valence-electron chi connectivity index (χ3n) is 6.61. The normalized spacial score (nSPS) is 22.4. The fourth-order valence-electron chi connectivity index (χ4n) is 4.91. The third-order valence-corrected chi connectivity index (χ3v) is 7.68. The fourth-order valence-corrected chi connectivity index (χ4v) is 6.14. The molecule has 190 valence electrons. The molecule has 1 aromatic heterocycles. The van der Waals surface area contributed by atoms with E-state index in [1.54, 1.807) is 6.07 Å². The number of aromatic nitrogens is 2. The Balaban J connectivity index is 1.58. The first-order chi connectivity index (χ1) is 16.6. The minimum absolute atomic E-state index is 0.00855. The van der Waals surface area contributed by atoms with Gasteiger partial charge in [-0.1, -0.05) is 30.0 Å². The molecule has 0 radical (unpaired) electrons. The summed E-state index contributed by atoms with van der Waals surface area (Å²) < 4.78 is 41.0. The van der Waals surface area contributed by atoms with E-state index in [1.807, 2.05) is 36.8 Å². The molecule has 6 nitrogen and oxygen atoms in total. The first-order valence-corrected chi connectivity index (χ1v) is 12.8. The highest BCUT2D eigenvalue weighted by Gasteiger charge is 2.41. The summed E-state index contributed by atoms with van der Waals surface area (Å²) in [5.74, 6) is 0.00855. The van der Waals surface area contributed by atoms with Crippen LogP contribution in [0.5, 0.6) is 0 Å². The van der Waals surface area contributed by atoms with Crippen molar-refractivity contribution in [3.05, 3.63) is 52.8 Å². The highest BCUT2D eigenvalue weighted by Crippen LogP contribution is 2.36. The number of rotatable bonds is 5. The lowest BCUT2D eigenvalue weighted by Crippen LogP contribution is -2.46. The molecule has 2 atom stereocenters. The predicted octanol–water partition coefficient (Wildman–Crippen LogP) is 4.01. The topological polar surface area (TPSA) is 52.6 Å². The van der Waals surface area contributed by atoms with Crippen LogP contribution < -0.4 is 0 Å². The Kier molecular flexibility index (Phi) is 8.02. The van der Waals surface area contributed by atoms with Gasteiger partial charge in [0, 0.05) is 49.4 Å². The van der Waals surface area contributed by atoms with E-state index < -0.39 is 17.8 Å². The highest BCUT2D eigenvalue weighted by atomic mass is 32.2. The number of likely N-dealkylation sites (tertiary alicyclic amines) is 1. The van der Waals surface area contributed by atoms with E-state index >= 15 is 0 Å². The number of aryl methyl sites for hydroxylation is 2. The van der Waals surface area contributed by atoms with E-state index in [4.69, 9.17) is 0 Å². The van der Waals surface area contributed by atoms with Gasteiger partial charge in [-0.25, -0.2) is 9.97 Å². The summed E-state index contributed by atoms with van der Waals surface area (Å²) in [6.45, 7) is 7.43. The number of nitrogens with zero attached hydrogens (tertiary/aromatic N) is 5. The molecule has 2 aliphatic rings. The molecule has 0 unspecified atom stereocenters. The van der Waals surface area contributed by atoms with Gasteiger partial charge in [0.25, 0.3) is 0 Å². The Morgan fingerprint density at radius 3 is 2.51 bits per heavy atom. The molecule has 2 saturated heterocycles. The summed E-state index contributed by atoms with van der Waals surface area (Å²) >= 11 is 1.51. The summed E-state index contributed by atoms with van der Waals surface area (Å²) in [7, 11) is 2.04. The number of carbonyl (C=O) groups is 1. The van der Waals surface area contributed by atoms with E-state index in [1.165, 1.54) is 23.9 Å². The van der Waals surface area contributed by atoms with Gasteiger partial charge in [-0.3, -0.25) is 9.69 Å². The number of carbonyl (C=O) groups excluding carboxylic acids is 1. The number of benzene rings is 1. The molecule has 2 fully saturated rings. The van der Waals surface area contributed by atoms with Crippen LogP contribution >= 0.6 is 11.8 Å². The molecule has 0 N–H and O–H groups in total. The summed E-state index contributed by atoms with van der Waals surface area (Å²) in [6.07, 6.45) is -2.99. The minimum atomic E-state index is -4.44. The molecular weight excluding hydrogens is 475 g/mol. The van der Waals surface area contributed by atoms with Crippen molar-refractivity contribution in [2.45, 2.75) is 55.9 Å². The minimum Gasteiger partial charge on any atom is -0.340 e. The molecule has 4 rings (SSSR count). The quantitative estimate of drug-likeness (QED) is 0.570. The maximum atomic E-state index is 13.7.